The van der Waals surface area contributed by atoms with E-state index in [0.717, 1.165) is 36.7 Å². The summed E-state index contributed by atoms with van der Waals surface area (Å²) in [6, 6.07) is 13.0. The van der Waals surface area contributed by atoms with Gasteiger partial charge in [0.25, 0.3) is 0 Å². The van der Waals surface area contributed by atoms with E-state index >= 15 is 0 Å². The molecule has 1 saturated heterocycles. The number of nitrogens with one attached hydrogen (secondary N) is 1. The maximum absolute atomic E-state index is 13.6. The summed E-state index contributed by atoms with van der Waals surface area (Å²) in [5.41, 5.74) is 2.11. The van der Waals surface area contributed by atoms with Gasteiger partial charge in [0.15, 0.2) is 0 Å². The first-order valence-corrected chi connectivity index (χ1v) is 16.1. The van der Waals surface area contributed by atoms with E-state index in [9.17, 15) is 23.6 Å². The van der Waals surface area contributed by atoms with Crippen LogP contribution in [-0.2, 0) is 4.79 Å². The summed E-state index contributed by atoms with van der Waals surface area (Å²) in [6.07, 6.45) is 5.13. The second-order valence-corrected chi connectivity index (χ2v) is 14.4. The second kappa shape index (κ2) is 9.82. The van der Waals surface area contributed by atoms with E-state index in [2.05, 4.69) is 21.3 Å². The van der Waals surface area contributed by atoms with Gasteiger partial charge in [-0.3, -0.25) is 13.9 Å². The molecule has 0 spiro atoms. The van der Waals surface area contributed by atoms with Crippen LogP contribution in [0.15, 0.2) is 47.0 Å². The lowest BCUT2D eigenvalue weighted by atomic mass is 9.76. The number of pyridine rings is 1. The number of anilines is 1. The fraction of sp³-hybridized carbons (Fsp3) is 0.467. The molecule has 3 N–H and O–H groups in total. The number of hydrogen-bond donors (Lipinski definition) is 3. The Morgan fingerprint density at radius 2 is 1.83 bits per heavy atom. The Hall–Kier alpha value is -3.46. The van der Waals surface area contributed by atoms with Crippen LogP contribution in [0.4, 0.5) is 10.1 Å². The molecule has 0 bridgehead atoms. The normalized spacial score (nSPS) is 28.2. The molecule has 4 aliphatic rings. The van der Waals surface area contributed by atoms with Crippen molar-refractivity contribution in [3.63, 3.8) is 0 Å². The van der Waals surface area contributed by atoms with Crippen molar-refractivity contribution in [2.24, 2.45) is 17.8 Å². The highest BCUT2D eigenvalue weighted by Crippen LogP contribution is 2.58. The van der Waals surface area contributed by atoms with Crippen molar-refractivity contribution in [1.29, 1.82) is 5.26 Å². The van der Waals surface area contributed by atoms with E-state index < -0.39 is 21.9 Å². The Bertz CT molecular complexity index is 1510. The van der Waals surface area contributed by atoms with E-state index in [4.69, 9.17) is 9.40 Å². The maximum Gasteiger partial charge on any atom is 0.245 e. The van der Waals surface area contributed by atoms with Gasteiger partial charge in [-0.2, -0.15) is 15.9 Å². The first-order valence-electron chi connectivity index (χ1n) is 14.2. The van der Waals surface area contributed by atoms with Crippen LogP contribution in [0.2, 0.25) is 0 Å². The lowest BCUT2D eigenvalue weighted by Gasteiger charge is -2.41. The maximum atomic E-state index is 13.6. The van der Waals surface area contributed by atoms with Crippen LogP contribution in [-0.4, -0.2) is 55.1 Å². The molecule has 41 heavy (non-hydrogen) atoms. The average molecular weight is 578 g/mol. The Labute approximate surface area is 239 Å². The fourth-order valence-electron chi connectivity index (χ4n) is 6.38. The van der Waals surface area contributed by atoms with E-state index in [1.165, 1.54) is 12.1 Å². The van der Waals surface area contributed by atoms with E-state index in [1.807, 2.05) is 24.3 Å². The zero-order chi connectivity index (χ0) is 28.4. The van der Waals surface area contributed by atoms with Crippen molar-refractivity contribution < 1.29 is 22.7 Å². The van der Waals surface area contributed by atoms with Crippen LogP contribution in [0, 0.1) is 34.9 Å². The van der Waals surface area contributed by atoms with Gasteiger partial charge < -0.3 is 14.6 Å². The third kappa shape index (κ3) is 5.20. The number of nitriles is 1. The zero-order valence-corrected chi connectivity index (χ0v) is 23.3. The number of benzene rings is 1. The van der Waals surface area contributed by atoms with E-state index in [0.29, 0.717) is 66.4 Å². The van der Waals surface area contributed by atoms with Crippen molar-refractivity contribution >= 4 is 22.2 Å². The monoisotopic (exact) mass is 577 g/mol. The smallest absolute Gasteiger partial charge is 0.245 e. The number of halogens is 1. The molecule has 3 heterocycles. The molecule has 1 amide bonds. The zero-order valence-electron chi connectivity index (χ0n) is 22.5. The van der Waals surface area contributed by atoms with Gasteiger partial charge in [-0.25, -0.2) is 14.4 Å². The molecule has 3 aromatic rings. The topological polar surface area (TPSA) is 136 Å². The van der Waals surface area contributed by atoms with Crippen molar-refractivity contribution in [1.82, 2.24) is 15.3 Å². The number of amides is 1. The number of nitrogens with zero attached hydrogens (tertiary/aromatic N) is 4. The number of rotatable bonds is 6. The van der Waals surface area contributed by atoms with Gasteiger partial charge in [-0.1, -0.05) is 12.1 Å². The van der Waals surface area contributed by atoms with Crippen LogP contribution in [0.1, 0.15) is 43.8 Å². The molecule has 1 aromatic carbocycles. The van der Waals surface area contributed by atoms with Crippen LogP contribution in [0.5, 0.6) is 0 Å². The molecule has 7 rings (SSSR count). The summed E-state index contributed by atoms with van der Waals surface area (Å²) in [6.45, 7) is 1.14. The highest BCUT2D eigenvalue weighted by Gasteiger charge is 2.53. The number of oxazole rings is 1. The van der Waals surface area contributed by atoms with Gasteiger partial charge >= 0.3 is 0 Å². The number of carbonyl (C=O) groups excluding carboxylic acids is 1. The molecule has 214 valence electrons. The van der Waals surface area contributed by atoms with Gasteiger partial charge in [0, 0.05) is 36.2 Å². The summed E-state index contributed by atoms with van der Waals surface area (Å²) in [7, 11) is -2.49. The molecular formula is C30H32FN5O4S. The third-order valence-electron chi connectivity index (χ3n) is 9.15. The van der Waals surface area contributed by atoms with Gasteiger partial charge in [-0.15, -0.1) is 0 Å². The predicted molar refractivity (Wildman–Crippen MR) is 153 cm³/mol. The molecule has 4 atom stereocenters. The van der Waals surface area contributed by atoms with Crippen LogP contribution in [0.3, 0.4) is 0 Å². The van der Waals surface area contributed by atoms with Crippen LogP contribution < -0.4 is 10.2 Å². The van der Waals surface area contributed by atoms with Crippen LogP contribution >= 0.6 is 10.6 Å². The lowest BCUT2D eigenvalue weighted by Crippen LogP contribution is -2.42. The van der Waals surface area contributed by atoms with Crippen molar-refractivity contribution in [2.45, 2.75) is 43.6 Å². The second-order valence-electron chi connectivity index (χ2n) is 12.0. The van der Waals surface area contributed by atoms with Gasteiger partial charge in [0.1, 0.15) is 28.5 Å². The molecule has 11 heteroatoms. The lowest BCUT2D eigenvalue weighted by molar-refractivity contribution is -0.127. The van der Waals surface area contributed by atoms with Crippen molar-refractivity contribution in [2.75, 3.05) is 29.5 Å². The first-order chi connectivity index (χ1) is 19.7. The highest BCUT2D eigenvalue weighted by molar-refractivity contribution is 8.24. The minimum Gasteiger partial charge on any atom is -0.439 e. The number of hydrogen-bond acceptors (Lipinski definition) is 8. The average Bonchev–Trinajstić information content (AvgIpc) is 3.88. The molecule has 3 saturated carbocycles. The standard InChI is InChI=1S/C30H32FN5O4S/c31-21-3-6-25(33-16-21)29-34-26(18-1-4-22(5-2-18)36-9-11-41(38,39)12-10-36)27(40-29)23-14-19-13-20(19)15-24(23)28(37)35-30(17-32)7-8-30/h1-6,16,19-20,23-24,38-39H,7-15H2,(H,35,37)/t19-,20+,23-,24-/m1/s1. The Morgan fingerprint density at radius 1 is 1.10 bits per heavy atom. The quantitative estimate of drug-likeness (QED) is 0.354. The summed E-state index contributed by atoms with van der Waals surface area (Å²) in [4.78, 5) is 24.7. The predicted octanol–water partition coefficient (Wildman–Crippen LogP) is 5.42. The molecular weight excluding hydrogens is 545 g/mol. The van der Waals surface area contributed by atoms with Gasteiger partial charge in [0.2, 0.25) is 11.8 Å². The number of fused-ring (bicyclic) bond motifs is 1. The van der Waals surface area contributed by atoms with Gasteiger partial charge in [0.05, 0.1) is 23.8 Å². The number of aromatic nitrogens is 2. The Kier molecular flexibility index (Phi) is 6.34. The molecule has 0 unspecified atom stereocenters. The molecule has 0 radical (unpaired) electrons. The highest BCUT2D eigenvalue weighted by atomic mass is 32.3. The van der Waals surface area contributed by atoms with Crippen molar-refractivity contribution in [3.8, 4) is 28.9 Å². The minimum atomic E-state index is -2.49. The van der Waals surface area contributed by atoms with Crippen LogP contribution in [0.25, 0.3) is 22.8 Å². The molecule has 1 aliphatic heterocycles. The van der Waals surface area contributed by atoms with E-state index in [1.54, 1.807) is 0 Å². The molecule has 2 aromatic heterocycles. The summed E-state index contributed by atoms with van der Waals surface area (Å²) < 4.78 is 40.0. The third-order valence-corrected chi connectivity index (χ3v) is 10.8. The first kappa shape index (κ1) is 26.4. The molecule has 9 nitrogen and oxygen atoms in total. The van der Waals surface area contributed by atoms with Crippen molar-refractivity contribution in [3.05, 3.63) is 54.2 Å². The molecule has 4 fully saturated rings. The van der Waals surface area contributed by atoms with E-state index in [-0.39, 0.29) is 23.6 Å². The SMILES string of the molecule is N#CC1(NC(=O)[C@@H]2C[C@@H]3C[C@@H]3C[C@H]2c2oc(-c3ccc(F)cn3)nc2-c2ccc(N3CCS(O)(O)CC3)cc2)CC1. The summed E-state index contributed by atoms with van der Waals surface area (Å²) in [5, 5.41) is 12.6. The largest absolute Gasteiger partial charge is 0.439 e. The Balaban J connectivity index is 1.24. The Morgan fingerprint density at radius 3 is 2.49 bits per heavy atom. The summed E-state index contributed by atoms with van der Waals surface area (Å²) in [5.74, 6) is 1.56. The summed E-state index contributed by atoms with van der Waals surface area (Å²) >= 11 is 0. The minimum absolute atomic E-state index is 0.102. The number of carbonyl (C=O) groups is 1. The molecule has 3 aliphatic carbocycles. The fourth-order valence-corrected chi connectivity index (χ4v) is 7.61. The van der Waals surface area contributed by atoms with Gasteiger partial charge in [-0.05, 0) is 68.2 Å².